The second-order valence-corrected chi connectivity index (χ2v) is 6.42. The van der Waals surface area contributed by atoms with Crippen molar-refractivity contribution in [2.24, 2.45) is 4.99 Å². The third kappa shape index (κ3) is 8.02. The smallest absolute Gasteiger partial charge is 0.191 e. The molecule has 2 aromatic rings. The first-order valence-electron chi connectivity index (χ1n) is 9.19. The molecule has 0 radical (unpaired) electrons. The second-order valence-electron chi connectivity index (χ2n) is 6.42. The number of halogens is 2. The van der Waals surface area contributed by atoms with Crippen molar-refractivity contribution in [2.45, 2.75) is 39.5 Å². The highest BCUT2D eigenvalue weighted by atomic mass is 127. The number of aliphatic imine (C=N–C) groups is 1. The molecule has 154 valence electrons. The van der Waals surface area contributed by atoms with E-state index in [0.717, 1.165) is 11.3 Å². The molecule has 0 heterocycles. The van der Waals surface area contributed by atoms with Crippen molar-refractivity contribution in [2.75, 3.05) is 13.1 Å². The topological polar surface area (TPSA) is 65.9 Å². The van der Waals surface area contributed by atoms with Gasteiger partial charge < -0.3 is 20.5 Å². The number of ether oxygens (including phenoxy) is 1. The minimum absolute atomic E-state index is 0. The van der Waals surface area contributed by atoms with Gasteiger partial charge in [-0.2, -0.15) is 0 Å². The van der Waals surface area contributed by atoms with Gasteiger partial charge in [0.05, 0.1) is 18.8 Å². The van der Waals surface area contributed by atoms with Crippen molar-refractivity contribution in [1.29, 1.82) is 0 Å². The summed E-state index contributed by atoms with van der Waals surface area (Å²) in [5, 5.41) is 16.6. The fourth-order valence-electron chi connectivity index (χ4n) is 2.48. The Hall–Kier alpha value is -1.87. The van der Waals surface area contributed by atoms with Crippen LogP contribution >= 0.6 is 24.0 Å². The van der Waals surface area contributed by atoms with Crippen LogP contribution < -0.4 is 15.4 Å². The van der Waals surface area contributed by atoms with E-state index in [9.17, 15) is 9.50 Å². The normalized spacial score (nSPS) is 12.3. The number of nitrogens with one attached hydrogen (secondary N) is 2. The number of guanidine groups is 1. The number of aliphatic hydroxyl groups excluding tert-OH is 1. The summed E-state index contributed by atoms with van der Waals surface area (Å²) in [6, 6.07) is 13.9. The van der Waals surface area contributed by atoms with Gasteiger partial charge in [0, 0.05) is 18.7 Å². The molecule has 0 spiro atoms. The minimum Gasteiger partial charge on any atom is -0.491 e. The lowest BCUT2D eigenvalue weighted by Crippen LogP contribution is -2.39. The second kappa shape index (κ2) is 12.6. The highest BCUT2D eigenvalue weighted by Crippen LogP contribution is 2.18. The molecule has 5 nitrogen and oxygen atoms in total. The maximum atomic E-state index is 13.7. The van der Waals surface area contributed by atoms with Gasteiger partial charge in [-0.25, -0.2) is 9.38 Å². The van der Waals surface area contributed by atoms with Crippen LogP contribution in [0.15, 0.2) is 53.5 Å². The van der Waals surface area contributed by atoms with Gasteiger partial charge in [0.25, 0.3) is 0 Å². The molecule has 0 aliphatic heterocycles. The van der Waals surface area contributed by atoms with Crippen molar-refractivity contribution in [1.82, 2.24) is 10.6 Å². The summed E-state index contributed by atoms with van der Waals surface area (Å²) in [6.45, 7) is 7.06. The molecule has 0 bridgehead atoms. The van der Waals surface area contributed by atoms with E-state index in [1.165, 1.54) is 6.07 Å². The first-order chi connectivity index (χ1) is 13.0. The summed E-state index contributed by atoms with van der Waals surface area (Å²) in [5.74, 6) is 1.02. The quantitative estimate of drug-likeness (QED) is 0.291. The Bertz CT molecular complexity index is 739. The largest absolute Gasteiger partial charge is 0.491 e. The van der Waals surface area contributed by atoms with Crippen LogP contribution in [0.4, 0.5) is 4.39 Å². The average Bonchev–Trinajstić information content (AvgIpc) is 2.65. The van der Waals surface area contributed by atoms with Crippen molar-refractivity contribution in [3.8, 4) is 5.75 Å². The molecule has 0 aliphatic carbocycles. The molecular formula is C21H29FIN3O2. The van der Waals surface area contributed by atoms with Gasteiger partial charge in [-0.15, -0.1) is 24.0 Å². The van der Waals surface area contributed by atoms with Gasteiger partial charge in [-0.1, -0.05) is 30.3 Å². The first kappa shape index (κ1) is 24.2. The number of rotatable bonds is 8. The van der Waals surface area contributed by atoms with Gasteiger partial charge in [0.2, 0.25) is 0 Å². The lowest BCUT2D eigenvalue weighted by molar-refractivity contribution is 0.180. The highest BCUT2D eigenvalue weighted by Gasteiger charge is 2.09. The van der Waals surface area contributed by atoms with Gasteiger partial charge in [-0.3, -0.25) is 0 Å². The van der Waals surface area contributed by atoms with Crippen molar-refractivity contribution in [3.05, 3.63) is 65.5 Å². The van der Waals surface area contributed by atoms with Crippen molar-refractivity contribution in [3.63, 3.8) is 0 Å². The van der Waals surface area contributed by atoms with Crippen LogP contribution in [-0.4, -0.2) is 30.3 Å². The Balaban J connectivity index is 0.00000392. The van der Waals surface area contributed by atoms with Crippen LogP contribution in [0.5, 0.6) is 5.75 Å². The van der Waals surface area contributed by atoms with Gasteiger partial charge in [0.1, 0.15) is 11.6 Å². The molecule has 0 saturated carbocycles. The molecule has 2 rings (SSSR count). The lowest BCUT2D eigenvalue weighted by Gasteiger charge is -2.16. The Morgan fingerprint density at radius 1 is 1.11 bits per heavy atom. The highest BCUT2D eigenvalue weighted by molar-refractivity contribution is 14.0. The van der Waals surface area contributed by atoms with Gasteiger partial charge in [-0.05, 0) is 44.5 Å². The lowest BCUT2D eigenvalue weighted by atomic mass is 10.1. The van der Waals surface area contributed by atoms with Crippen molar-refractivity contribution >= 4 is 29.9 Å². The third-order valence-electron chi connectivity index (χ3n) is 3.81. The molecular weight excluding hydrogens is 472 g/mol. The fourth-order valence-corrected chi connectivity index (χ4v) is 2.48. The van der Waals surface area contributed by atoms with E-state index >= 15 is 0 Å². The van der Waals surface area contributed by atoms with Crippen LogP contribution in [0.1, 0.15) is 38.0 Å². The number of hydrogen-bond donors (Lipinski definition) is 3. The molecule has 1 unspecified atom stereocenters. The summed E-state index contributed by atoms with van der Waals surface area (Å²) < 4.78 is 19.3. The molecule has 28 heavy (non-hydrogen) atoms. The first-order valence-corrected chi connectivity index (χ1v) is 9.19. The Kier molecular flexibility index (Phi) is 10.8. The fraction of sp³-hybridized carbons (Fsp3) is 0.381. The maximum absolute atomic E-state index is 13.7. The Morgan fingerprint density at radius 3 is 2.39 bits per heavy atom. The predicted octanol–water partition coefficient (Wildman–Crippen LogP) is 4.02. The summed E-state index contributed by atoms with van der Waals surface area (Å²) in [6.07, 6.45) is -0.591. The number of nitrogens with zero attached hydrogens (tertiary/aromatic N) is 1. The monoisotopic (exact) mass is 501 g/mol. The average molecular weight is 501 g/mol. The van der Waals surface area contributed by atoms with Crippen LogP contribution in [0, 0.1) is 5.82 Å². The SMILES string of the molecule is CCNC(=NCc1ccccc1F)NCC(O)c1ccc(OC(C)C)cc1.I. The molecule has 0 saturated heterocycles. The van der Waals surface area contributed by atoms with E-state index in [0.29, 0.717) is 18.1 Å². The van der Waals surface area contributed by atoms with Gasteiger partial charge in [0.15, 0.2) is 5.96 Å². The number of benzene rings is 2. The van der Waals surface area contributed by atoms with Crippen molar-refractivity contribution < 1.29 is 14.2 Å². The van der Waals surface area contributed by atoms with Crippen LogP contribution in [-0.2, 0) is 6.54 Å². The number of aliphatic hydroxyl groups is 1. The summed E-state index contributed by atoms with van der Waals surface area (Å²) in [5.41, 5.74) is 1.31. The molecule has 0 fully saturated rings. The van der Waals surface area contributed by atoms with E-state index < -0.39 is 6.10 Å². The molecule has 0 aliphatic rings. The summed E-state index contributed by atoms with van der Waals surface area (Å²) >= 11 is 0. The Morgan fingerprint density at radius 2 is 1.79 bits per heavy atom. The van der Waals surface area contributed by atoms with Crippen LogP contribution in [0.25, 0.3) is 0 Å². The molecule has 1 atom stereocenters. The maximum Gasteiger partial charge on any atom is 0.191 e. The zero-order chi connectivity index (χ0) is 19.6. The zero-order valence-corrected chi connectivity index (χ0v) is 18.8. The van der Waals surface area contributed by atoms with Crippen LogP contribution in [0.2, 0.25) is 0 Å². The molecule has 2 aromatic carbocycles. The molecule has 0 aromatic heterocycles. The molecule has 7 heteroatoms. The Labute approximate surface area is 183 Å². The van der Waals surface area contributed by atoms with E-state index in [2.05, 4.69) is 15.6 Å². The third-order valence-corrected chi connectivity index (χ3v) is 3.81. The van der Waals surface area contributed by atoms with Crippen LogP contribution in [0.3, 0.4) is 0 Å². The molecule has 0 amide bonds. The zero-order valence-electron chi connectivity index (χ0n) is 16.5. The summed E-state index contributed by atoms with van der Waals surface area (Å²) in [4.78, 5) is 4.38. The molecule has 3 N–H and O–H groups in total. The van der Waals surface area contributed by atoms with E-state index in [-0.39, 0.29) is 49.0 Å². The predicted molar refractivity (Wildman–Crippen MR) is 122 cm³/mol. The number of hydrogen-bond acceptors (Lipinski definition) is 3. The summed E-state index contributed by atoms with van der Waals surface area (Å²) in [7, 11) is 0. The van der Waals surface area contributed by atoms with E-state index in [1.54, 1.807) is 18.2 Å². The van der Waals surface area contributed by atoms with Gasteiger partial charge >= 0.3 is 0 Å². The standard InChI is InChI=1S/C21H28FN3O2.HI/c1-4-23-21(24-13-17-7-5-6-8-19(17)22)25-14-20(26)16-9-11-18(12-10-16)27-15(2)3;/h5-12,15,20,26H,4,13-14H2,1-3H3,(H2,23,24,25);1H. The minimum atomic E-state index is -0.699. The van der Waals surface area contributed by atoms with E-state index in [4.69, 9.17) is 4.74 Å². The van der Waals surface area contributed by atoms with E-state index in [1.807, 2.05) is 45.0 Å².